The fraction of sp³-hybridized carbons (Fsp3) is 0.717. The number of nitrogens with one attached hydrogen (secondary N) is 1. The minimum Gasteiger partial charge on any atom is -0.460 e. The normalized spacial score (nSPS) is 11.7. The molecule has 17 heteroatoms. The summed E-state index contributed by atoms with van der Waals surface area (Å²) >= 11 is 0. The number of rotatable bonds is 45. The monoisotopic (exact) mass is 906 g/mol. The van der Waals surface area contributed by atoms with Crippen molar-refractivity contribution in [3.05, 3.63) is 59.7 Å². The maximum atomic E-state index is 13.1. The fourth-order valence-electron chi connectivity index (χ4n) is 5.61. The van der Waals surface area contributed by atoms with Crippen molar-refractivity contribution in [2.24, 2.45) is 0 Å². The number of hydrogen-bond acceptors (Lipinski definition) is 14. The van der Waals surface area contributed by atoms with Gasteiger partial charge in [-0.05, 0) is 36.8 Å². The number of anilines is 2. The lowest BCUT2D eigenvalue weighted by Gasteiger charge is -2.13. The first-order valence-corrected chi connectivity index (χ1v) is 22.5. The van der Waals surface area contributed by atoms with E-state index in [1.54, 1.807) is 18.2 Å². The van der Waals surface area contributed by atoms with Crippen molar-refractivity contribution >= 4 is 17.3 Å². The standard InChI is InChI=1S/C46H74F3NO13/c1-2-3-4-5-6-7-8-11-17-52-18-19-53-20-21-54-22-23-55-24-25-56-26-27-57-28-29-58-30-31-59-32-33-60-34-35-61-36-37-62-38-39-63-45(51)43-15-9-10-16-44(43)50-42-14-12-13-41(40-42)46(47,48)49/h9-10,12-16,40,50H,2-8,11,17-39H2,1H3. The zero-order valence-electron chi connectivity index (χ0n) is 37.5. The summed E-state index contributed by atoms with van der Waals surface area (Å²) in [5, 5.41) is 2.86. The SMILES string of the molecule is CCCCCCCCCCOCCOCCOCCOCCOCCOCCOCCOCCOCCOCCOCCOC(=O)c1ccccc1Nc1cccc(C(F)(F)F)c1. The molecule has 0 aliphatic rings. The average molecular weight is 906 g/mol. The first-order valence-electron chi connectivity index (χ1n) is 22.5. The van der Waals surface area contributed by atoms with Crippen LogP contribution in [0.4, 0.5) is 24.5 Å². The largest absolute Gasteiger partial charge is 0.460 e. The molecule has 0 heterocycles. The van der Waals surface area contributed by atoms with Gasteiger partial charge in [-0.15, -0.1) is 0 Å². The van der Waals surface area contributed by atoms with E-state index in [4.69, 9.17) is 56.8 Å². The van der Waals surface area contributed by atoms with Crippen molar-refractivity contribution in [3.63, 3.8) is 0 Å². The zero-order chi connectivity index (χ0) is 45.2. The Kier molecular flexibility index (Phi) is 36.2. The van der Waals surface area contributed by atoms with E-state index in [0.717, 1.165) is 25.2 Å². The smallest absolute Gasteiger partial charge is 0.416 e. The Labute approximate surface area is 372 Å². The average Bonchev–Trinajstić information content (AvgIpc) is 3.28. The highest BCUT2D eigenvalue weighted by atomic mass is 19.4. The van der Waals surface area contributed by atoms with E-state index in [0.29, 0.717) is 138 Å². The summed E-state index contributed by atoms with van der Waals surface area (Å²) in [5.41, 5.74) is -0.0899. The van der Waals surface area contributed by atoms with Gasteiger partial charge in [0.25, 0.3) is 0 Å². The maximum absolute atomic E-state index is 13.1. The molecule has 0 radical (unpaired) electrons. The van der Waals surface area contributed by atoms with Gasteiger partial charge in [-0.3, -0.25) is 0 Å². The van der Waals surface area contributed by atoms with E-state index in [-0.39, 0.29) is 24.5 Å². The molecule has 0 amide bonds. The van der Waals surface area contributed by atoms with Crippen molar-refractivity contribution < 1.29 is 74.8 Å². The van der Waals surface area contributed by atoms with Gasteiger partial charge in [0.05, 0.1) is 156 Å². The number of benzene rings is 2. The van der Waals surface area contributed by atoms with Crippen LogP contribution in [-0.2, 0) is 63.0 Å². The molecule has 0 aliphatic carbocycles. The van der Waals surface area contributed by atoms with Crippen molar-refractivity contribution in [2.75, 3.05) is 157 Å². The Bertz CT molecular complexity index is 1340. The van der Waals surface area contributed by atoms with Crippen LogP contribution in [0.15, 0.2) is 48.5 Å². The van der Waals surface area contributed by atoms with Gasteiger partial charge in [-0.25, -0.2) is 4.79 Å². The molecule has 2 aromatic carbocycles. The number of halogens is 3. The minimum atomic E-state index is -4.48. The van der Waals surface area contributed by atoms with Gasteiger partial charge >= 0.3 is 12.1 Å². The third-order valence-electron chi connectivity index (χ3n) is 8.94. The molecule has 0 fully saturated rings. The molecule has 2 rings (SSSR count). The molecule has 0 spiro atoms. The molecule has 0 aromatic heterocycles. The summed E-state index contributed by atoms with van der Waals surface area (Å²) in [5.74, 6) is -0.628. The predicted molar refractivity (Wildman–Crippen MR) is 233 cm³/mol. The van der Waals surface area contributed by atoms with Crippen molar-refractivity contribution in [1.29, 1.82) is 0 Å². The van der Waals surface area contributed by atoms with Crippen LogP contribution >= 0.6 is 0 Å². The van der Waals surface area contributed by atoms with Gasteiger partial charge in [0.2, 0.25) is 0 Å². The Hall–Kier alpha value is -2.94. The van der Waals surface area contributed by atoms with Crippen molar-refractivity contribution in [1.82, 2.24) is 0 Å². The summed E-state index contributed by atoms with van der Waals surface area (Å²) in [4.78, 5) is 12.6. The number of carbonyl (C=O) groups excluding carboxylic acids is 1. The van der Waals surface area contributed by atoms with E-state index < -0.39 is 17.7 Å². The number of alkyl halides is 3. The van der Waals surface area contributed by atoms with Gasteiger partial charge in [0.1, 0.15) is 6.61 Å². The van der Waals surface area contributed by atoms with Crippen LogP contribution in [0.3, 0.4) is 0 Å². The first-order chi connectivity index (χ1) is 30.9. The minimum absolute atomic E-state index is 0.00253. The number of carbonyl (C=O) groups is 1. The Morgan fingerprint density at radius 1 is 0.444 bits per heavy atom. The molecule has 0 saturated heterocycles. The second-order valence-corrected chi connectivity index (χ2v) is 14.1. The molecule has 1 N–H and O–H groups in total. The van der Waals surface area contributed by atoms with Gasteiger partial charge in [-0.1, -0.05) is 70.1 Å². The fourth-order valence-corrected chi connectivity index (χ4v) is 5.61. The van der Waals surface area contributed by atoms with Gasteiger partial charge in [0, 0.05) is 12.3 Å². The molecule has 0 aliphatic heterocycles. The Morgan fingerprint density at radius 2 is 0.810 bits per heavy atom. The Morgan fingerprint density at radius 3 is 1.22 bits per heavy atom. The van der Waals surface area contributed by atoms with Gasteiger partial charge in [-0.2, -0.15) is 13.2 Å². The van der Waals surface area contributed by atoms with Crippen LogP contribution in [0.2, 0.25) is 0 Å². The quantitative estimate of drug-likeness (QED) is 0.0508. The van der Waals surface area contributed by atoms with E-state index >= 15 is 0 Å². The van der Waals surface area contributed by atoms with Crippen LogP contribution in [-0.4, -0.2) is 158 Å². The number of ether oxygens (including phenoxy) is 12. The Balaban J connectivity index is 1.22. The van der Waals surface area contributed by atoms with Crippen molar-refractivity contribution in [2.45, 2.75) is 64.5 Å². The highest BCUT2D eigenvalue weighted by Crippen LogP contribution is 2.32. The van der Waals surface area contributed by atoms with Crippen LogP contribution in [0.5, 0.6) is 0 Å². The summed E-state index contributed by atoms with van der Waals surface area (Å²) in [6, 6.07) is 11.1. The number of para-hydroxylation sites is 1. The molecule has 0 bridgehead atoms. The molecular formula is C46H74F3NO13. The molecule has 2 aromatic rings. The van der Waals surface area contributed by atoms with Crippen molar-refractivity contribution in [3.8, 4) is 0 Å². The topological polar surface area (TPSA) is 140 Å². The first kappa shape index (κ1) is 56.2. The van der Waals surface area contributed by atoms with Gasteiger partial charge < -0.3 is 62.2 Å². The lowest BCUT2D eigenvalue weighted by molar-refractivity contribution is -0.137. The lowest BCUT2D eigenvalue weighted by Crippen LogP contribution is -2.16. The lowest BCUT2D eigenvalue weighted by atomic mass is 10.1. The zero-order valence-corrected chi connectivity index (χ0v) is 37.5. The third kappa shape index (κ3) is 33.2. The summed E-state index contributed by atoms with van der Waals surface area (Å²) < 4.78 is 105. The second kappa shape index (κ2) is 40.6. The van der Waals surface area contributed by atoms with E-state index in [1.165, 1.54) is 63.1 Å². The van der Waals surface area contributed by atoms with Crippen LogP contribution in [0.1, 0.15) is 74.2 Å². The van der Waals surface area contributed by atoms with Crippen LogP contribution < -0.4 is 5.32 Å². The summed E-state index contributed by atoms with van der Waals surface area (Å²) in [6.07, 6.45) is 5.95. The van der Waals surface area contributed by atoms with Crippen LogP contribution in [0.25, 0.3) is 0 Å². The van der Waals surface area contributed by atoms with E-state index in [1.807, 2.05) is 0 Å². The second-order valence-electron chi connectivity index (χ2n) is 14.1. The molecule has 362 valence electrons. The van der Waals surface area contributed by atoms with E-state index in [9.17, 15) is 18.0 Å². The summed E-state index contributed by atoms with van der Waals surface area (Å²) in [6.45, 7) is 12.7. The molecule has 0 saturated carbocycles. The highest BCUT2D eigenvalue weighted by Gasteiger charge is 2.30. The number of esters is 1. The van der Waals surface area contributed by atoms with E-state index in [2.05, 4.69) is 12.2 Å². The molecule has 63 heavy (non-hydrogen) atoms. The maximum Gasteiger partial charge on any atom is 0.416 e. The summed E-state index contributed by atoms with van der Waals surface area (Å²) in [7, 11) is 0. The molecule has 0 atom stereocenters. The molecular weight excluding hydrogens is 831 g/mol. The third-order valence-corrected chi connectivity index (χ3v) is 8.94. The molecule has 0 unspecified atom stereocenters. The highest BCUT2D eigenvalue weighted by molar-refractivity contribution is 5.96. The number of hydrogen-bond donors (Lipinski definition) is 1. The van der Waals surface area contributed by atoms with Gasteiger partial charge in [0.15, 0.2) is 0 Å². The molecule has 14 nitrogen and oxygen atoms in total. The van der Waals surface area contributed by atoms with Crippen LogP contribution in [0, 0.1) is 0 Å². The number of unbranched alkanes of at least 4 members (excludes halogenated alkanes) is 7. The predicted octanol–water partition coefficient (Wildman–Crippen LogP) is 7.93.